The van der Waals surface area contributed by atoms with Crippen LogP contribution in [0.2, 0.25) is 0 Å². The van der Waals surface area contributed by atoms with Gasteiger partial charge in [0.25, 0.3) is 5.92 Å². The van der Waals surface area contributed by atoms with Crippen molar-refractivity contribution < 1.29 is 22.3 Å². The highest BCUT2D eigenvalue weighted by Crippen LogP contribution is 2.47. The number of allylic oxidation sites excluding steroid dienone is 1. The van der Waals surface area contributed by atoms with Crippen molar-refractivity contribution in [3.8, 4) is 0 Å². The molecule has 1 aromatic rings. The van der Waals surface area contributed by atoms with E-state index in [0.29, 0.717) is 49.7 Å². The van der Waals surface area contributed by atoms with Crippen LogP contribution in [-0.2, 0) is 11.2 Å². The molecular formula is C24H32F4O. The molecule has 0 bridgehead atoms. The summed E-state index contributed by atoms with van der Waals surface area (Å²) in [5.74, 6) is -5.18. The Morgan fingerprint density at radius 3 is 2.55 bits per heavy atom. The fourth-order valence-corrected chi connectivity index (χ4v) is 5.01. The van der Waals surface area contributed by atoms with Crippen LogP contribution < -0.4 is 0 Å². The number of halogens is 4. The molecule has 2 fully saturated rings. The molecule has 1 saturated carbocycles. The highest BCUT2D eigenvalue weighted by molar-refractivity contribution is 5.29. The summed E-state index contributed by atoms with van der Waals surface area (Å²) in [5, 5.41) is 0. The summed E-state index contributed by atoms with van der Waals surface area (Å²) in [6, 6.07) is 3.32. The molecule has 5 heteroatoms. The highest BCUT2D eigenvalue weighted by atomic mass is 19.3. The second-order valence-corrected chi connectivity index (χ2v) is 8.70. The van der Waals surface area contributed by atoms with Gasteiger partial charge in [0.15, 0.2) is 11.6 Å². The molecule has 0 aromatic heterocycles. The fourth-order valence-electron chi connectivity index (χ4n) is 5.01. The number of alkyl halides is 2. The van der Waals surface area contributed by atoms with Gasteiger partial charge in [0, 0.05) is 18.3 Å². The molecule has 0 radical (unpaired) electrons. The molecule has 1 aromatic carbocycles. The van der Waals surface area contributed by atoms with Crippen LogP contribution in [0.5, 0.6) is 0 Å². The van der Waals surface area contributed by atoms with Gasteiger partial charge >= 0.3 is 0 Å². The Hall–Kier alpha value is -1.36. The van der Waals surface area contributed by atoms with Crippen molar-refractivity contribution in [3.05, 3.63) is 47.5 Å². The average molecular weight is 413 g/mol. The molecule has 0 N–H and O–H groups in total. The average Bonchev–Trinajstić information content (AvgIpc) is 2.70. The Labute approximate surface area is 171 Å². The summed E-state index contributed by atoms with van der Waals surface area (Å²) < 4.78 is 63.8. The normalized spacial score (nSPS) is 29.6. The van der Waals surface area contributed by atoms with Crippen LogP contribution in [0.15, 0.2) is 24.8 Å². The summed E-state index contributed by atoms with van der Waals surface area (Å²) in [7, 11) is 0. The van der Waals surface area contributed by atoms with Crippen LogP contribution in [0.1, 0.15) is 75.3 Å². The van der Waals surface area contributed by atoms with E-state index in [-0.39, 0.29) is 31.0 Å². The van der Waals surface area contributed by atoms with Crippen molar-refractivity contribution in [3.63, 3.8) is 0 Å². The molecule has 1 saturated heterocycles. The standard InChI is InChI=1S/C24H32F4O/c1-3-5-7-19-11-8-17(14-24(19,27)28)21-13-10-18(15-29-21)20-12-9-16(6-4-2)22(25)23(20)26/h3,9,12,17-19,21H,1,4-8,10-11,13-15H2,2H3. The van der Waals surface area contributed by atoms with E-state index in [2.05, 4.69) is 6.58 Å². The molecule has 0 amide bonds. The Kier molecular flexibility index (Phi) is 7.42. The quantitative estimate of drug-likeness (QED) is 0.340. The number of hydrogen-bond donors (Lipinski definition) is 0. The van der Waals surface area contributed by atoms with Crippen LogP contribution >= 0.6 is 0 Å². The van der Waals surface area contributed by atoms with Crippen molar-refractivity contribution in [2.75, 3.05) is 6.61 Å². The smallest absolute Gasteiger partial charge is 0.251 e. The van der Waals surface area contributed by atoms with Gasteiger partial charge in [-0.3, -0.25) is 0 Å². The molecule has 1 nitrogen and oxygen atoms in total. The van der Waals surface area contributed by atoms with E-state index in [1.54, 1.807) is 18.2 Å². The second-order valence-electron chi connectivity index (χ2n) is 8.70. The first-order chi connectivity index (χ1) is 13.9. The summed E-state index contributed by atoms with van der Waals surface area (Å²) in [6.45, 7) is 5.81. The Morgan fingerprint density at radius 2 is 1.93 bits per heavy atom. The van der Waals surface area contributed by atoms with E-state index < -0.39 is 23.5 Å². The number of ether oxygens (including phenoxy) is 1. The molecule has 29 heavy (non-hydrogen) atoms. The predicted molar refractivity (Wildman–Crippen MR) is 107 cm³/mol. The monoisotopic (exact) mass is 412 g/mol. The van der Waals surface area contributed by atoms with Gasteiger partial charge in [-0.1, -0.05) is 31.6 Å². The maximum absolute atomic E-state index is 14.6. The third-order valence-corrected chi connectivity index (χ3v) is 6.73. The first-order valence-corrected chi connectivity index (χ1v) is 10.9. The van der Waals surface area contributed by atoms with Gasteiger partial charge in [0.1, 0.15) is 0 Å². The third-order valence-electron chi connectivity index (χ3n) is 6.73. The molecule has 162 valence electrons. The van der Waals surface area contributed by atoms with Crippen molar-refractivity contribution >= 4 is 0 Å². The first-order valence-electron chi connectivity index (χ1n) is 10.9. The number of hydrogen-bond acceptors (Lipinski definition) is 1. The SMILES string of the molecule is C=CCCC1CCC(C2CCC(c3ccc(CCC)c(F)c3F)CO2)CC1(F)F. The maximum Gasteiger partial charge on any atom is 0.251 e. The van der Waals surface area contributed by atoms with Gasteiger partial charge in [-0.05, 0) is 62.0 Å². The van der Waals surface area contributed by atoms with Gasteiger partial charge in [-0.2, -0.15) is 0 Å². The number of aryl methyl sites for hydroxylation is 1. The van der Waals surface area contributed by atoms with E-state index in [4.69, 9.17) is 4.74 Å². The molecular weight excluding hydrogens is 380 g/mol. The van der Waals surface area contributed by atoms with Crippen LogP contribution in [0.4, 0.5) is 17.6 Å². The molecule has 3 rings (SSSR count). The molecule has 4 unspecified atom stereocenters. The van der Waals surface area contributed by atoms with Crippen molar-refractivity contribution in [2.45, 2.75) is 82.7 Å². The van der Waals surface area contributed by atoms with E-state index in [1.165, 1.54) is 0 Å². The van der Waals surface area contributed by atoms with Crippen molar-refractivity contribution in [1.29, 1.82) is 0 Å². The molecule has 1 heterocycles. The topological polar surface area (TPSA) is 9.23 Å². The van der Waals surface area contributed by atoms with E-state index >= 15 is 0 Å². The second kappa shape index (κ2) is 9.63. The number of rotatable bonds is 7. The van der Waals surface area contributed by atoms with Crippen LogP contribution in [-0.4, -0.2) is 18.6 Å². The van der Waals surface area contributed by atoms with Gasteiger partial charge in [-0.25, -0.2) is 17.6 Å². The van der Waals surface area contributed by atoms with Crippen molar-refractivity contribution in [2.24, 2.45) is 11.8 Å². The van der Waals surface area contributed by atoms with Gasteiger partial charge in [0.2, 0.25) is 0 Å². The highest BCUT2D eigenvalue weighted by Gasteiger charge is 2.47. The van der Waals surface area contributed by atoms with Crippen LogP contribution in [0, 0.1) is 23.5 Å². The van der Waals surface area contributed by atoms with Crippen LogP contribution in [0.25, 0.3) is 0 Å². The number of benzene rings is 1. The first kappa shape index (κ1) is 22.3. The molecule has 2 aliphatic rings. The zero-order valence-electron chi connectivity index (χ0n) is 17.2. The van der Waals surface area contributed by atoms with E-state index in [0.717, 1.165) is 12.8 Å². The minimum atomic E-state index is -2.67. The molecule has 1 aliphatic heterocycles. The van der Waals surface area contributed by atoms with Crippen molar-refractivity contribution in [1.82, 2.24) is 0 Å². The maximum atomic E-state index is 14.6. The summed E-state index contributed by atoms with van der Waals surface area (Å²) >= 11 is 0. The Balaban J connectivity index is 1.59. The van der Waals surface area contributed by atoms with Gasteiger partial charge in [0.05, 0.1) is 12.7 Å². The molecule has 0 spiro atoms. The Bertz CT molecular complexity index is 694. The largest absolute Gasteiger partial charge is 0.377 e. The predicted octanol–water partition coefficient (Wildman–Crippen LogP) is 7.20. The van der Waals surface area contributed by atoms with E-state index in [9.17, 15) is 17.6 Å². The minimum absolute atomic E-state index is 0.140. The zero-order chi connectivity index (χ0) is 21.0. The lowest BCUT2D eigenvalue weighted by Crippen LogP contribution is -2.42. The third kappa shape index (κ3) is 5.04. The van der Waals surface area contributed by atoms with Gasteiger partial charge < -0.3 is 4.74 Å². The lowest BCUT2D eigenvalue weighted by atomic mass is 9.73. The zero-order valence-corrected chi connectivity index (χ0v) is 17.2. The lowest BCUT2D eigenvalue weighted by Gasteiger charge is -2.41. The summed E-state index contributed by atoms with van der Waals surface area (Å²) in [4.78, 5) is 0. The van der Waals surface area contributed by atoms with E-state index in [1.807, 2.05) is 6.92 Å². The molecule has 1 aliphatic carbocycles. The summed E-state index contributed by atoms with van der Waals surface area (Å²) in [6.07, 6.45) is 6.19. The Morgan fingerprint density at radius 1 is 1.14 bits per heavy atom. The fraction of sp³-hybridized carbons (Fsp3) is 0.667. The van der Waals surface area contributed by atoms with Gasteiger partial charge in [-0.15, -0.1) is 6.58 Å². The lowest BCUT2D eigenvalue weighted by molar-refractivity contribution is -0.136. The minimum Gasteiger partial charge on any atom is -0.377 e. The summed E-state index contributed by atoms with van der Waals surface area (Å²) in [5.41, 5.74) is 0.748. The molecule has 4 atom stereocenters. The van der Waals surface area contributed by atoms with Crippen LogP contribution in [0.3, 0.4) is 0 Å².